The summed E-state index contributed by atoms with van der Waals surface area (Å²) in [4.78, 5) is 14.8. The van der Waals surface area contributed by atoms with E-state index in [4.69, 9.17) is 5.73 Å². The van der Waals surface area contributed by atoms with Gasteiger partial charge < -0.3 is 10.6 Å². The topological polar surface area (TPSA) is 75.0 Å². The second-order valence-electron chi connectivity index (χ2n) is 6.78. The van der Waals surface area contributed by atoms with Crippen molar-refractivity contribution in [2.45, 2.75) is 33.7 Å². The first-order chi connectivity index (χ1) is 11.9. The van der Waals surface area contributed by atoms with Crippen molar-refractivity contribution in [2.24, 2.45) is 11.7 Å². The molecule has 134 valence electrons. The van der Waals surface area contributed by atoms with Crippen molar-refractivity contribution in [3.63, 3.8) is 0 Å². The van der Waals surface area contributed by atoms with Crippen LogP contribution in [0.1, 0.15) is 42.4 Å². The number of benzene rings is 1. The molecule has 0 bridgehead atoms. The average Bonchev–Trinajstić information content (AvgIpc) is 2.92. The van der Waals surface area contributed by atoms with Crippen LogP contribution in [-0.4, -0.2) is 34.1 Å². The number of carbonyl (C=O) groups excluding carboxylic acids is 1. The summed E-state index contributed by atoms with van der Waals surface area (Å²) in [6.45, 7) is 9.16. The number of H-pyrrole nitrogens is 1. The Morgan fingerprint density at radius 1 is 1.28 bits per heavy atom. The minimum Gasteiger partial charge on any atom is -0.337 e. The normalized spacial score (nSPS) is 12.7. The Morgan fingerprint density at radius 3 is 2.52 bits per heavy atom. The summed E-state index contributed by atoms with van der Waals surface area (Å²) in [5.41, 5.74) is 9.81. The van der Waals surface area contributed by atoms with E-state index in [0.29, 0.717) is 19.0 Å². The lowest BCUT2D eigenvalue weighted by Crippen LogP contribution is -2.41. The SMILES string of the molecule is Cc1n[nH]c(C)c1[C@@H](N)C(=O)N(C/C=C/c1ccccc1)CC(C)C. The van der Waals surface area contributed by atoms with Gasteiger partial charge in [0.25, 0.3) is 0 Å². The second-order valence-corrected chi connectivity index (χ2v) is 6.78. The van der Waals surface area contributed by atoms with E-state index in [0.717, 1.165) is 22.5 Å². The van der Waals surface area contributed by atoms with Crippen molar-refractivity contribution in [3.8, 4) is 0 Å². The summed E-state index contributed by atoms with van der Waals surface area (Å²) in [7, 11) is 0. The van der Waals surface area contributed by atoms with Gasteiger partial charge in [0.15, 0.2) is 0 Å². The number of aromatic nitrogens is 2. The molecule has 1 amide bonds. The lowest BCUT2D eigenvalue weighted by atomic mass is 10.0. The fourth-order valence-electron chi connectivity index (χ4n) is 2.91. The molecule has 0 fully saturated rings. The second kappa shape index (κ2) is 8.62. The molecule has 0 radical (unpaired) electrons. The summed E-state index contributed by atoms with van der Waals surface area (Å²) < 4.78 is 0. The molecular formula is C20H28N4O. The van der Waals surface area contributed by atoms with Gasteiger partial charge >= 0.3 is 0 Å². The molecule has 5 heteroatoms. The first-order valence-electron chi connectivity index (χ1n) is 8.67. The lowest BCUT2D eigenvalue weighted by Gasteiger charge is -2.26. The molecule has 0 aliphatic heterocycles. The van der Waals surface area contributed by atoms with Crippen LogP contribution in [-0.2, 0) is 4.79 Å². The largest absolute Gasteiger partial charge is 0.337 e. The average molecular weight is 340 g/mol. The van der Waals surface area contributed by atoms with Gasteiger partial charge in [-0.3, -0.25) is 9.89 Å². The highest BCUT2D eigenvalue weighted by Gasteiger charge is 2.26. The number of nitrogens with two attached hydrogens (primary N) is 1. The third-order valence-electron chi connectivity index (χ3n) is 4.10. The molecule has 25 heavy (non-hydrogen) atoms. The van der Waals surface area contributed by atoms with Crippen molar-refractivity contribution in [3.05, 3.63) is 58.9 Å². The van der Waals surface area contributed by atoms with Crippen LogP contribution in [0, 0.1) is 19.8 Å². The molecule has 3 N–H and O–H groups in total. The fourth-order valence-corrected chi connectivity index (χ4v) is 2.91. The van der Waals surface area contributed by atoms with Crippen molar-refractivity contribution in [2.75, 3.05) is 13.1 Å². The van der Waals surface area contributed by atoms with E-state index in [9.17, 15) is 4.79 Å². The molecule has 1 aromatic carbocycles. The molecule has 0 saturated heterocycles. The van der Waals surface area contributed by atoms with Crippen LogP contribution in [0.2, 0.25) is 0 Å². The van der Waals surface area contributed by atoms with Gasteiger partial charge in [0, 0.05) is 24.3 Å². The predicted molar refractivity (Wildman–Crippen MR) is 102 cm³/mol. The van der Waals surface area contributed by atoms with E-state index < -0.39 is 6.04 Å². The first kappa shape index (κ1) is 18.9. The van der Waals surface area contributed by atoms with Gasteiger partial charge in [-0.15, -0.1) is 0 Å². The summed E-state index contributed by atoms with van der Waals surface area (Å²) in [5.74, 6) is 0.298. The van der Waals surface area contributed by atoms with E-state index in [1.807, 2.05) is 61.2 Å². The highest BCUT2D eigenvalue weighted by atomic mass is 16.2. The number of rotatable bonds is 7. The summed E-state index contributed by atoms with van der Waals surface area (Å²) in [6, 6.07) is 9.36. The number of nitrogens with zero attached hydrogens (tertiary/aromatic N) is 2. The number of hydrogen-bond donors (Lipinski definition) is 2. The van der Waals surface area contributed by atoms with Crippen LogP contribution in [0.4, 0.5) is 0 Å². The molecule has 1 atom stereocenters. The van der Waals surface area contributed by atoms with Gasteiger partial charge in [-0.1, -0.05) is 56.3 Å². The molecule has 0 unspecified atom stereocenters. The van der Waals surface area contributed by atoms with Crippen LogP contribution in [0.5, 0.6) is 0 Å². The molecule has 1 heterocycles. The van der Waals surface area contributed by atoms with Crippen molar-refractivity contribution < 1.29 is 4.79 Å². The van der Waals surface area contributed by atoms with E-state index in [2.05, 4.69) is 24.0 Å². The molecule has 0 aliphatic rings. The smallest absolute Gasteiger partial charge is 0.244 e. The minimum absolute atomic E-state index is 0.0704. The number of nitrogens with one attached hydrogen (secondary N) is 1. The maximum atomic E-state index is 12.9. The van der Waals surface area contributed by atoms with Gasteiger partial charge in [0.2, 0.25) is 5.91 Å². The molecule has 5 nitrogen and oxygen atoms in total. The zero-order valence-corrected chi connectivity index (χ0v) is 15.5. The molecule has 1 aromatic heterocycles. The zero-order valence-electron chi connectivity index (χ0n) is 15.5. The highest BCUT2D eigenvalue weighted by molar-refractivity contribution is 5.84. The van der Waals surface area contributed by atoms with Crippen LogP contribution in [0.25, 0.3) is 6.08 Å². The Balaban J connectivity index is 2.13. The minimum atomic E-state index is -0.692. The van der Waals surface area contributed by atoms with E-state index >= 15 is 0 Å². The summed E-state index contributed by atoms with van der Waals surface area (Å²) >= 11 is 0. The van der Waals surface area contributed by atoms with Crippen LogP contribution in [0.3, 0.4) is 0 Å². The zero-order chi connectivity index (χ0) is 18.4. The van der Waals surface area contributed by atoms with Crippen molar-refractivity contribution in [1.82, 2.24) is 15.1 Å². The van der Waals surface area contributed by atoms with Gasteiger partial charge in [-0.25, -0.2) is 0 Å². The van der Waals surface area contributed by atoms with Crippen molar-refractivity contribution >= 4 is 12.0 Å². The van der Waals surface area contributed by atoms with Crippen molar-refractivity contribution in [1.29, 1.82) is 0 Å². The molecule has 2 rings (SSSR count). The van der Waals surface area contributed by atoms with Crippen LogP contribution < -0.4 is 5.73 Å². The van der Waals surface area contributed by atoms with Gasteiger partial charge in [-0.2, -0.15) is 5.10 Å². The van der Waals surface area contributed by atoms with Crippen LogP contribution in [0.15, 0.2) is 36.4 Å². The Kier molecular flexibility index (Phi) is 6.53. The maximum Gasteiger partial charge on any atom is 0.244 e. The molecule has 0 saturated carbocycles. The first-order valence-corrected chi connectivity index (χ1v) is 8.67. The van der Waals surface area contributed by atoms with Crippen LogP contribution >= 0.6 is 0 Å². The number of amides is 1. The molecule has 2 aromatic rings. The summed E-state index contributed by atoms with van der Waals surface area (Å²) in [5, 5.41) is 7.05. The Morgan fingerprint density at radius 2 is 1.96 bits per heavy atom. The quantitative estimate of drug-likeness (QED) is 0.812. The monoisotopic (exact) mass is 340 g/mol. The Labute approximate surface area is 149 Å². The number of hydrogen-bond acceptors (Lipinski definition) is 3. The van der Waals surface area contributed by atoms with E-state index in [-0.39, 0.29) is 5.91 Å². The fraction of sp³-hybridized carbons (Fsp3) is 0.400. The third-order valence-corrected chi connectivity index (χ3v) is 4.10. The van der Waals surface area contributed by atoms with Gasteiger partial charge in [0.1, 0.15) is 6.04 Å². The molecular weight excluding hydrogens is 312 g/mol. The summed E-state index contributed by atoms with van der Waals surface area (Å²) in [6.07, 6.45) is 4.04. The van der Waals surface area contributed by atoms with Gasteiger partial charge in [-0.05, 0) is 25.3 Å². The van der Waals surface area contributed by atoms with E-state index in [1.165, 1.54) is 0 Å². The number of carbonyl (C=O) groups is 1. The lowest BCUT2D eigenvalue weighted by molar-refractivity contribution is -0.132. The highest BCUT2D eigenvalue weighted by Crippen LogP contribution is 2.20. The number of aromatic amines is 1. The third kappa shape index (κ3) is 5.03. The predicted octanol–water partition coefficient (Wildman–Crippen LogP) is 3.22. The van der Waals surface area contributed by atoms with Gasteiger partial charge in [0.05, 0.1) is 5.69 Å². The Bertz CT molecular complexity index is 699. The number of aryl methyl sites for hydroxylation is 2. The molecule has 0 aliphatic carbocycles. The maximum absolute atomic E-state index is 12.9. The standard InChI is InChI=1S/C20H28N4O/c1-14(2)13-24(12-8-11-17-9-6-5-7-10-17)20(25)19(21)18-15(3)22-23-16(18)4/h5-11,14,19H,12-13,21H2,1-4H3,(H,22,23)/b11-8+/t19-/m1/s1. The van der Waals surface area contributed by atoms with E-state index in [1.54, 1.807) is 0 Å². The Hall–Kier alpha value is -2.40. The molecule has 0 spiro atoms.